The third-order valence-corrected chi connectivity index (χ3v) is 3.48. The number of halogens is 3. The van der Waals surface area contributed by atoms with E-state index in [1.807, 2.05) is 0 Å². The molecule has 0 bridgehead atoms. The third kappa shape index (κ3) is 3.70. The van der Waals surface area contributed by atoms with Gasteiger partial charge < -0.3 is 15.0 Å². The number of nitrogens with zero attached hydrogens (tertiary/aromatic N) is 2. The lowest BCUT2D eigenvalue weighted by Crippen LogP contribution is -2.15. The van der Waals surface area contributed by atoms with Crippen LogP contribution < -0.4 is 10.1 Å². The zero-order valence-electron chi connectivity index (χ0n) is 13.0. The highest BCUT2D eigenvalue weighted by atomic mass is 19.4. The van der Waals surface area contributed by atoms with Gasteiger partial charge in [-0.05, 0) is 17.7 Å². The number of amides is 1. The molecule has 0 unspecified atom stereocenters. The molecule has 1 amide bonds. The van der Waals surface area contributed by atoms with Crippen LogP contribution in [0.5, 0.6) is 5.88 Å². The number of rotatable bonds is 4. The Kier molecular flexibility index (Phi) is 4.30. The molecule has 0 aliphatic carbocycles. The maximum absolute atomic E-state index is 12.8. The van der Waals surface area contributed by atoms with E-state index < -0.39 is 11.7 Å². The summed E-state index contributed by atoms with van der Waals surface area (Å²) in [5.74, 6) is 0.236. The summed E-state index contributed by atoms with van der Waals surface area (Å²) in [4.78, 5) is 22.5. The fourth-order valence-electron chi connectivity index (χ4n) is 2.32. The number of methoxy groups -OCH3 is 1. The van der Waals surface area contributed by atoms with Crippen molar-refractivity contribution in [3.63, 3.8) is 0 Å². The average Bonchev–Trinajstić information content (AvgIpc) is 2.99. The Balaban J connectivity index is 1.72. The zero-order valence-corrected chi connectivity index (χ0v) is 13.0. The van der Waals surface area contributed by atoms with Gasteiger partial charge in [-0.25, -0.2) is 9.97 Å². The largest absolute Gasteiger partial charge is 0.481 e. The van der Waals surface area contributed by atoms with E-state index in [0.29, 0.717) is 11.4 Å². The number of hydrogen-bond donors (Lipinski definition) is 2. The molecule has 9 heteroatoms. The van der Waals surface area contributed by atoms with Gasteiger partial charge in [0.15, 0.2) is 0 Å². The second-order valence-corrected chi connectivity index (χ2v) is 5.23. The summed E-state index contributed by atoms with van der Waals surface area (Å²) in [5.41, 5.74) is -0.0768. The molecule has 3 rings (SSSR count). The molecule has 3 heterocycles. The van der Waals surface area contributed by atoms with Crippen LogP contribution in [0.25, 0.3) is 11.0 Å². The lowest BCUT2D eigenvalue weighted by molar-refractivity contribution is -0.136. The van der Waals surface area contributed by atoms with Crippen molar-refractivity contribution in [2.45, 2.75) is 12.6 Å². The first-order valence-corrected chi connectivity index (χ1v) is 7.21. The minimum atomic E-state index is -4.47. The maximum atomic E-state index is 12.8. The molecule has 0 atom stereocenters. The first-order valence-electron chi connectivity index (χ1n) is 7.21. The molecule has 0 radical (unpaired) electrons. The van der Waals surface area contributed by atoms with Crippen LogP contribution in [0.3, 0.4) is 0 Å². The highest BCUT2D eigenvalue weighted by molar-refractivity contribution is 5.92. The Hall–Kier alpha value is -3.10. The van der Waals surface area contributed by atoms with Gasteiger partial charge in [0.05, 0.1) is 19.1 Å². The Labute approximate surface area is 140 Å². The normalized spacial score (nSPS) is 11.5. The average molecular weight is 350 g/mol. The number of fused-ring (bicyclic) bond motifs is 1. The Bertz CT molecular complexity index is 904. The SMILES string of the molecule is COc1ccc(CC(=O)Nc2ccc3c(C(F)(F)F)c[nH]c3n2)cn1. The summed E-state index contributed by atoms with van der Waals surface area (Å²) in [6, 6.07) is 5.93. The highest BCUT2D eigenvalue weighted by Crippen LogP contribution is 2.34. The Morgan fingerprint density at radius 3 is 2.72 bits per heavy atom. The summed E-state index contributed by atoms with van der Waals surface area (Å²) in [7, 11) is 1.49. The second-order valence-electron chi connectivity index (χ2n) is 5.23. The predicted octanol–water partition coefficient (Wildman–Crippen LogP) is 3.17. The van der Waals surface area contributed by atoms with E-state index in [2.05, 4.69) is 20.3 Å². The summed E-state index contributed by atoms with van der Waals surface area (Å²) in [5, 5.41) is 2.50. The molecule has 6 nitrogen and oxygen atoms in total. The smallest absolute Gasteiger partial charge is 0.418 e. The van der Waals surface area contributed by atoms with E-state index in [-0.39, 0.29) is 29.2 Å². The Morgan fingerprint density at radius 1 is 1.28 bits per heavy atom. The van der Waals surface area contributed by atoms with Crippen LogP contribution in [0, 0.1) is 0 Å². The number of ether oxygens (including phenoxy) is 1. The van der Waals surface area contributed by atoms with Crippen LogP contribution in [0.15, 0.2) is 36.7 Å². The summed E-state index contributed by atoms with van der Waals surface area (Å²) < 4.78 is 43.4. The molecule has 0 aliphatic rings. The first kappa shape index (κ1) is 16.7. The van der Waals surface area contributed by atoms with Crippen LogP contribution in [0.1, 0.15) is 11.1 Å². The Morgan fingerprint density at radius 2 is 2.08 bits per heavy atom. The molecular weight excluding hydrogens is 337 g/mol. The number of anilines is 1. The molecule has 3 aromatic rings. The number of carbonyl (C=O) groups is 1. The van der Waals surface area contributed by atoms with Crippen molar-refractivity contribution in [1.29, 1.82) is 0 Å². The van der Waals surface area contributed by atoms with E-state index in [4.69, 9.17) is 4.74 Å². The number of aromatic nitrogens is 3. The molecule has 2 N–H and O–H groups in total. The molecule has 0 aliphatic heterocycles. The first-order chi connectivity index (χ1) is 11.9. The van der Waals surface area contributed by atoms with Gasteiger partial charge in [-0.2, -0.15) is 13.2 Å². The van der Waals surface area contributed by atoms with Crippen molar-refractivity contribution in [2.24, 2.45) is 0 Å². The lowest BCUT2D eigenvalue weighted by atomic mass is 10.2. The molecule has 130 valence electrons. The van der Waals surface area contributed by atoms with Gasteiger partial charge in [-0.15, -0.1) is 0 Å². The number of H-pyrrole nitrogens is 1. The second kappa shape index (κ2) is 6.42. The topological polar surface area (TPSA) is 79.9 Å². The molecule has 0 aromatic carbocycles. The van der Waals surface area contributed by atoms with Crippen LogP contribution in [0.4, 0.5) is 19.0 Å². The van der Waals surface area contributed by atoms with E-state index in [1.165, 1.54) is 25.4 Å². The molecule has 0 saturated heterocycles. The molecule has 0 saturated carbocycles. The van der Waals surface area contributed by atoms with Gasteiger partial charge in [0, 0.05) is 23.8 Å². The van der Waals surface area contributed by atoms with Gasteiger partial charge in [0.25, 0.3) is 0 Å². The number of aromatic amines is 1. The van der Waals surface area contributed by atoms with Crippen LogP contribution in [-0.2, 0) is 17.4 Å². The molecule has 0 spiro atoms. The lowest BCUT2D eigenvalue weighted by Gasteiger charge is -2.06. The van der Waals surface area contributed by atoms with Gasteiger partial charge >= 0.3 is 6.18 Å². The van der Waals surface area contributed by atoms with Crippen molar-refractivity contribution in [3.05, 3.63) is 47.8 Å². The third-order valence-electron chi connectivity index (χ3n) is 3.48. The number of alkyl halides is 3. The fourth-order valence-corrected chi connectivity index (χ4v) is 2.32. The minimum Gasteiger partial charge on any atom is -0.481 e. The van der Waals surface area contributed by atoms with Crippen LogP contribution >= 0.6 is 0 Å². The van der Waals surface area contributed by atoms with E-state index in [9.17, 15) is 18.0 Å². The quantitative estimate of drug-likeness (QED) is 0.757. The van der Waals surface area contributed by atoms with E-state index in [0.717, 1.165) is 6.20 Å². The van der Waals surface area contributed by atoms with Crippen molar-refractivity contribution in [1.82, 2.24) is 15.0 Å². The number of carbonyl (C=O) groups excluding carboxylic acids is 1. The van der Waals surface area contributed by atoms with Crippen molar-refractivity contribution in [3.8, 4) is 5.88 Å². The monoisotopic (exact) mass is 350 g/mol. The number of pyridine rings is 2. The van der Waals surface area contributed by atoms with Crippen LogP contribution in [-0.4, -0.2) is 28.0 Å². The van der Waals surface area contributed by atoms with Crippen molar-refractivity contribution >= 4 is 22.8 Å². The van der Waals surface area contributed by atoms with E-state index in [1.54, 1.807) is 12.1 Å². The summed E-state index contributed by atoms with van der Waals surface area (Å²) >= 11 is 0. The predicted molar refractivity (Wildman–Crippen MR) is 84.2 cm³/mol. The van der Waals surface area contributed by atoms with Crippen LogP contribution in [0.2, 0.25) is 0 Å². The summed E-state index contributed by atoms with van der Waals surface area (Å²) in [6.07, 6.45) is -2.05. The van der Waals surface area contributed by atoms with Crippen molar-refractivity contribution < 1.29 is 22.7 Å². The van der Waals surface area contributed by atoms with Gasteiger partial charge in [0.1, 0.15) is 11.5 Å². The number of nitrogens with one attached hydrogen (secondary N) is 2. The van der Waals surface area contributed by atoms with E-state index >= 15 is 0 Å². The standard InChI is InChI=1S/C16H13F3N4O2/c1-25-14-5-2-9(7-20-14)6-13(24)22-12-4-3-10-11(16(17,18)19)8-21-15(10)23-12/h2-5,7-8H,6H2,1H3,(H2,21,22,23,24). The maximum Gasteiger partial charge on any atom is 0.418 e. The molecular formula is C16H13F3N4O2. The zero-order chi connectivity index (χ0) is 18.0. The van der Waals surface area contributed by atoms with Gasteiger partial charge in [-0.1, -0.05) is 6.07 Å². The molecule has 25 heavy (non-hydrogen) atoms. The van der Waals surface area contributed by atoms with Gasteiger partial charge in [-0.3, -0.25) is 4.79 Å². The molecule has 0 fully saturated rings. The van der Waals surface area contributed by atoms with Crippen molar-refractivity contribution in [2.75, 3.05) is 12.4 Å². The summed E-state index contributed by atoms with van der Waals surface area (Å²) in [6.45, 7) is 0. The molecule has 3 aromatic heterocycles. The minimum absolute atomic E-state index is 0.0508. The fraction of sp³-hybridized carbons (Fsp3) is 0.188. The van der Waals surface area contributed by atoms with Gasteiger partial charge in [0.2, 0.25) is 11.8 Å². The number of hydrogen-bond acceptors (Lipinski definition) is 4. The highest BCUT2D eigenvalue weighted by Gasteiger charge is 2.33.